The van der Waals surface area contributed by atoms with Gasteiger partial charge >= 0.3 is 5.97 Å². The van der Waals surface area contributed by atoms with Gasteiger partial charge < -0.3 is 20.3 Å². The van der Waals surface area contributed by atoms with E-state index in [2.05, 4.69) is 26.2 Å². The predicted octanol–water partition coefficient (Wildman–Crippen LogP) is 3.93. The second-order valence-corrected chi connectivity index (χ2v) is 6.96. The number of ether oxygens (including phenoxy) is 1. The molecule has 3 aromatic rings. The first-order chi connectivity index (χ1) is 13.3. The normalized spacial score (nSPS) is 10.7. The fraction of sp³-hybridized carbons (Fsp3) is 0.150. The number of halogens is 1. The molecular formula is C20H17BrN2O5. The third-order valence-electron chi connectivity index (χ3n) is 4.15. The SMILES string of the molecule is Cc1cccc(C)c1Oc1ccc2c(O)c(C(=O)NCC(=O)O)nc(Br)c2c1. The third kappa shape index (κ3) is 3.91. The van der Waals surface area contributed by atoms with Gasteiger partial charge in [0.1, 0.15) is 22.6 Å². The quantitative estimate of drug-likeness (QED) is 0.514. The Hall–Kier alpha value is -3.13. The number of rotatable bonds is 5. The first-order valence-corrected chi connectivity index (χ1v) is 9.13. The molecule has 0 fully saturated rings. The van der Waals surface area contributed by atoms with Crippen LogP contribution in [0.25, 0.3) is 10.8 Å². The van der Waals surface area contributed by atoms with Gasteiger partial charge in [0.2, 0.25) is 0 Å². The molecule has 0 atom stereocenters. The highest BCUT2D eigenvalue weighted by atomic mass is 79.9. The first-order valence-electron chi connectivity index (χ1n) is 8.34. The minimum absolute atomic E-state index is 0.260. The Morgan fingerprint density at radius 2 is 1.82 bits per heavy atom. The van der Waals surface area contributed by atoms with E-state index in [1.54, 1.807) is 18.2 Å². The minimum Gasteiger partial charge on any atom is -0.505 e. The fourth-order valence-corrected chi connectivity index (χ4v) is 3.28. The smallest absolute Gasteiger partial charge is 0.322 e. The van der Waals surface area contributed by atoms with Crippen molar-refractivity contribution >= 4 is 38.6 Å². The number of hydrogen-bond acceptors (Lipinski definition) is 5. The zero-order valence-electron chi connectivity index (χ0n) is 15.1. The summed E-state index contributed by atoms with van der Waals surface area (Å²) in [7, 11) is 0. The van der Waals surface area contributed by atoms with Gasteiger partial charge in [-0.15, -0.1) is 0 Å². The topological polar surface area (TPSA) is 109 Å². The summed E-state index contributed by atoms with van der Waals surface area (Å²) in [5.74, 6) is -1.01. The van der Waals surface area contributed by atoms with Gasteiger partial charge in [0.25, 0.3) is 5.91 Å². The van der Waals surface area contributed by atoms with E-state index < -0.39 is 18.4 Å². The number of nitrogens with zero attached hydrogens (tertiary/aromatic N) is 1. The summed E-state index contributed by atoms with van der Waals surface area (Å²) in [5.41, 5.74) is 1.72. The van der Waals surface area contributed by atoms with Crippen LogP contribution in [0.1, 0.15) is 21.6 Å². The highest BCUT2D eigenvalue weighted by molar-refractivity contribution is 9.10. The summed E-state index contributed by atoms with van der Waals surface area (Å²) in [5, 5.41) is 22.2. The van der Waals surface area contributed by atoms with Crippen molar-refractivity contribution in [3.05, 3.63) is 57.8 Å². The molecule has 1 amide bonds. The molecule has 0 unspecified atom stereocenters. The number of aryl methyl sites for hydroxylation is 2. The van der Waals surface area contributed by atoms with Gasteiger partial charge in [0.15, 0.2) is 11.4 Å². The van der Waals surface area contributed by atoms with E-state index in [1.165, 1.54) is 0 Å². The molecule has 0 aliphatic heterocycles. The number of nitrogens with one attached hydrogen (secondary N) is 1. The number of aromatic hydroxyl groups is 1. The molecule has 2 aromatic carbocycles. The summed E-state index contributed by atoms with van der Waals surface area (Å²) in [6.07, 6.45) is 0. The molecule has 7 nitrogen and oxygen atoms in total. The van der Waals surface area contributed by atoms with Crippen LogP contribution in [0, 0.1) is 13.8 Å². The van der Waals surface area contributed by atoms with Gasteiger partial charge in [-0.2, -0.15) is 0 Å². The standard InChI is InChI=1S/C20H17BrN2O5/c1-10-4-3-5-11(2)18(10)28-12-6-7-13-14(8-12)19(21)23-16(17(13)26)20(27)22-9-15(24)25/h3-8,26H,9H2,1-2H3,(H,22,27)(H,24,25). The Kier molecular flexibility index (Phi) is 5.51. The number of aromatic nitrogens is 1. The van der Waals surface area contributed by atoms with Gasteiger partial charge in [-0.05, 0) is 59.1 Å². The van der Waals surface area contributed by atoms with Crippen LogP contribution >= 0.6 is 15.9 Å². The van der Waals surface area contributed by atoms with Crippen LogP contribution in [0.5, 0.6) is 17.2 Å². The van der Waals surface area contributed by atoms with Crippen LogP contribution < -0.4 is 10.1 Å². The molecule has 0 aliphatic rings. The van der Waals surface area contributed by atoms with E-state index in [0.717, 1.165) is 16.9 Å². The van der Waals surface area contributed by atoms with Crippen LogP contribution in [0.3, 0.4) is 0 Å². The Balaban J connectivity index is 1.99. The number of carbonyl (C=O) groups excluding carboxylic acids is 1. The molecule has 0 bridgehead atoms. The molecule has 1 aromatic heterocycles. The molecule has 1 heterocycles. The van der Waals surface area contributed by atoms with Crippen molar-refractivity contribution in [3.63, 3.8) is 0 Å². The Morgan fingerprint density at radius 3 is 2.46 bits per heavy atom. The molecule has 0 radical (unpaired) electrons. The van der Waals surface area contributed by atoms with Crippen LogP contribution in [-0.2, 0) is 4.79 Å². The highest BCUT2D eigenvalue weighted by Gasteiger charge is 2.19. The number of aliphatic carboxylic acids is 1. The summed E-state index contributed by atoms with van der Waals surface area (Å²) >= 11 is 3.30. The lowest BCUT2D eigenvalue weighted by molar-refractivity contribution is -0.135. The third-order valence-corrected chi connectivity index (χ3v) is 4.75. The number of fused-ring (bicyclic) bond motifs is 1. The van der Waals surface area contributed by atoms with Gasteiger partial charge in [0.05, 0.1) is 0 Å². The molecule has 8 heteroatoms. The highest BCUT2D eigenvalue weighted by Crippen LogP contribution is 2.36. The lowest BCUT2D eigenvalue weighted by atomic mass is 10.1. The maximum Gasteiger partial charge on any atom is 0.322 e. The van der Waals surface area contributed by atoms with E-state index in [-0.39, 0.29) is 11.4 Å². The number of benzene rings is 2. The van der Waals surface area contributed by atoms with Crippen LogP contribution in [0.15, 0.2) is 41.0 Å². The zero-order valence-corrected chi connectivity index (χ0v) is 16.7. The second-order valence-electron chi connectivity index (χ2n) is 6.21. The Labute approximate surface area is 169 Å². The van der Waals surface area contributed by atoms with Crippen molar-refractivity contribution in [2.75, 3.05) is 6.54 Å². The van der Waals surface area contributed by atoms with Gasteiger partial charge in [-0.25, -0.2) is 4.98 Å². The fourth-order valence-electron chi connectivity index (χ4n) is 2.78. The van der Waals surface area contributed by atoms with Crippen molar-refractivity contribution in [2.24, 2.45) is 0 Å². The number of carboxylic acids is 1. The van der Waals surface area contributed by atoms with E-state index in [4.69, 9.17) is 9.84 Å². The van der Waals surface area contributed by atoms with Crippen LogP contribution in [-0.4, -0.2) is 33.6 Å². The predicted molar refractivity (Wildman–Crippen MR) is 107 cm³/mol. The van der Waals surface area contributed by atoms with Crippen molar-refractivity contribution in [2.45, 2.75) is 13.8 Å². The summed E-state index contributed by atoms with van der Waals surface area (Å²) in [4.78, 5) is 26.8. The zero-order chi connectivity index (χ0) is 20.4. The van der Waals surface area contributed by atoms with Crippen molar-refractivity contribution in [3.8, 4) is 17.2 Å². The number of carboxylic acid groups (broad SMARTS) is 1. The number of para-hydroxylation sites is 1. The monoisotopic (exact) mass is 444 g/mol. The summed E-state index contributed by atoms with van der Waals surface area (Å²) in [6, 6.07) is 10.9. The average molecular weight is 445 g/mol. The van der Waals surface area contributed by atoms with Crippen LogP contribution in [0.4, 0.5) is 0 Å². The average Bonchev–Trinajstić information content (AvgIpc) is 2.65. The maximum absolute atomic E-state index is 12.1. The molecule has 3 N–H and O–H groups in total. The number of amides is 1. The lowest BCUT2D eigenvalue weighted by Gasteiger charge is -2.13. The molecule has 3 rings (SSSR count). The Bertz CT molecular complexity index is 1080. The molecule has 144 valence electrons. The Morgan fingerprint density at radius 1 is 1.14 bits per heavy atom. The summed E-state index contributed by atoms with van der Waals surface area (Å²) in [6.45, 7) is 3.33. The molecule has 0 aliphatic carbocycles. The van der Waals surface area contributed by atoms with E-state index in [1.807, 2.05) is 32.0 Å². The maximum atomic E-state index is 12.1. The van der Waals surface area contributed by atoms with Gasteiger partial charge in [0, 0.05) is 10.8 Å². The summed E-state index contributed by atoms with van der Waals surface area (Å²) < 4.78 is 6.34. The number of pyridine rings is 1. The molecule has 0 saturated carbocycles. The van der Waals surface area contributed by atoms with Crippen molar-refractivity contribution in [1.29, 1.82) is 0 Å². The minimum atomic E-state index is -1.19. The molecule has 28 heavy (non-hydrogen) atoms. The first kappa shape index (κ1) is 19.6. The molecular weight excluding hydrogens is 428 g/mol. The molecule has 0 spiro atoms. The van der Waals surface area contributed by atoms with E-state index in [9.17, 15) is 14.7 Å². The van der Waals surface area contributed by atoms with E-state index >= 15 is 0 Å². The molecule has 0 saturated heterocycles. The van der Waals surface area contributed by atoms with Crippen molar-refractivity contribution < 1.29 is 24.5 Å². The van der Waals surface area contributed by atoms with Gasteiger partial charge in [-0.1, -0.05) is 18.2 Å². The number of carbonyl (C=O) groups is 2. The van der Waals surface area contributed by atoms with Crippen LogP contribution in [0.2, 0.25) is 0 Å². The second kappa shape index (κ2) is 7.85. The number of hydrogen-bond donors (Lipinski definition) is 3. The largest absolute Gasteiger partial charge is 0.505 e. The van der Waals surface area contributed by atoms with Crippen molar-refractivity contribution in [1.82, 2.24) is 10.3 Å². The van der Waals surface area contributed by atoms with Gasteiger partial charge in [-0.3, -0.25) is 9.59 Å². The van der Waals surface area contributed by atoms with E-state index in [0.29, 0.717) is 21.1 Å². The lowest BCUT2D eigenvalue weighted by Crippen LogP contribution is -2.30.